The molecule has 2 rings (SSSR count). The average molecular weight is 261 g/mol. The van der Waals surface area contributed by atoms with Gasteiger partial charge < -0.3 is 10.2 Å². The molecule has 0 saturated carbocycles. The highest BCUT2D eigenvalue weighted by atomic mass is 15.2. The molecule has 1 aliphatic rings. The molecule has 0 amide bonds. The summed E-state index contributed by atoms with van der Waals surface area (Å²) in [4.78, 5) is 7.02. The second-order valence-electron chi connectivity index (χ2n) is 5.57. The Morgan fingerprint density at radius 2 is 2.26 bits per heavy atom. The van der Waals surface area contributed by atoms with Crippen molar-refractivity contribution >= 4 is 5.69 Å². The van der Waals surface area contributed by atoms with Gasteiger partial charge in [0.1, 0.15) is 0 Å². The van der Waals surface area contributed by atoms with E-state index in [-0.39, 0.29) is 0 Å². The van der Waals surface area contributed by atoms with Crippen LogP contribution in [0.2, 0.25) is 0 Å². The van der Waals surface area contributed by atoms with Gasteiger partial charge in [-0.2, -0.15) is 0 Å². The Morgan fingerprint density at radius 3 is 3.11 bits per heavy atom. The lowest BCUT2D eigenvalue weighted by Gasteiger charge is -2.29. The molecule has 2 heterocycles. The van der Waals surface area contributed by atoms with Crippen molar-refractivity contribution in [3.63, 3.8) is 0 Å². The third-order valence-electron chi connectivity index (χ3n) is 3.92. The highest BCUT2D eigenvalue weighted by molar-refractivity contribution is 5.47. The number of rotatable bonds is 5. The summed E-state index contributed by atoms with van der Waals surface area (Å²) in [6.07, 6.45) is 8.49. The van der Waals surface area contributed by atoms with Gasteiger partial charge in [-0.25, -0.2) is 0 Å². The number of hydrogen-bond donors (Lipinski definition) is 1. The molecule has 19 heavy (non-hydrogen) atoms. The monoisotopic (exact) mass is 261 g/mol. The van der Waals surface area contributed by atoms with Crippen molar-refractivity contribution in [2.24, 2.45) is 0 Å². The Bertz CT molecular complexity index is 378. The van der Waals surface area contributed by atoms with Gasteiger partial charge in [-0.1, -0.05) is 19.8 Å². The minimum absolute atomic E-state index is 0.654. The lowest BCUT2D eigenvalue weighted by atomic mass is 10.1. The molecule has 1 saturated heterocycles. The first-order chi connectivity index (χ1) is 9.31. The van der Waals surface area contributed by atoms with Gasteiger partial charge >= 0.3 is 0 Å². The van der Waals surface area contributed by atoms with Crippen molar-refractivity contribution in [2.75, 3.05) is 18.0 Å². The van der Waals surface area contributed by atoms with Gasteiger partial charge in [0.05, 0.1) is 5.69 Å². The molecule has 0 spiro atoms. The number of anilines is 1. The number of nitrogens with zero attached hydrogens (tertiary/aromatic N) is 2. The van der Waals surface area contributed by atoms with Crippen molar-refractivity contribution in [2.45, 2.75) is 58.5 Å². The van der Waals surface area contributed by atoms with E-state index in [0.717, 1.165) is 18.8 Å². The Balaban J connectivity index is 2.03. The second kappa shape index (κ2) is 7.49. The quantitative estimate of drug-likeness (QED) is 0.824. The van der Waals surface area contributed by atoms with E-state index in [1.807, 2.05) is 6.20 Å². The summed E-state index contributed by atoms with van der Waals surface area (Å²) in [7, 11) is 0. The molecule has 1 aliphatic heterocycles. The van der Waals surface area contributed by atoms with E-state index in [1.165, 1.54) is 44.3 Å². The molecule has 1 aromatic heterocycles. The largest absolute Gasteiger partial charge is 0.369 e. The highest BCUT2D eigenvalue weighted by Crippen LogP contribution is 2.24. The van der Waals surface area contributed by atoms with Crippen molar-refractivity contribution in [3.8, 4) is 0 Å². The third kappa shape index (κ3) is 4.20. The number of pyridine rings is 1. The molecule has 0 aromatic carbocycles. The smallest absolute Gasteiger partial charge is 0.0562 e. The minimum Gasteiger partial charge on any atom is -0.369 e. The molecule has 1 unspecified atom stereocenters. The van der Waals surface area contributed by atoms with Gasteiger partial charge in [-0.15, -0.1) is 0 Å². The number of aromatic nitrogens is 1. The summed E-state index contributed by atoms with van der Waals surface area (Å²) in [5.74, 6) is 0. The van der Waals surface area contributed by atoms with Crippen molar-refractivity contribution in [1.29, 1.82) is 0 Å². The van der Waals surface area contributed by atoms with Crippen molar-refractivity contribution in [1.82, 2.24) is 10.3 Å². The maximum atomic E-state index is 4.47. The van der Waals surface area contributed by atoms with Crippen LogP contribution >= 0.6 is 0 Å². The number of nitrogens with one attached hydrogen (secondary N) is 1. The zero-order valence-corrected chi connectivity index (χ0v) is 12.4. The highest BCUT2D eigenvalue weighted by Gasteiger charge is 2.17. The third-order valence-corrected chi connectivity index (χ3v) is 3.92. The molecule has 0 bridgehead atoms. The van der Waals surface area contributed by atoms with Gasteiger partial charge in [0.2, 0.25) is 0 Å². The molecular weight excluding hydrogens is 234 g/mol. The standard InChI is InChI=1S/C16H27N3/c1-3-9-17-13-15-12-16(8-10-18-15)19-11-6-4-5-7-14(19)2/h8,10,12,14,17H,3-7,9,11,13H2,1-2H3. The lowest BCUT2D eigenvalue weighted by Crippen LogP contribution is -2.32. The minimum atomic E-state index is 0.654. The van der Waals surface area contributed by atoms with E-state index in [1.54, 1.807) is 0 Å². The van der Waals surface area contributed by atoms with Crippen LogP contribution in [0.4, 0.5) is 5.69 Å². The van der Waals surface area contributed by atoms with Gasteiger partial charge in [-0.3, -0.25) is 4.98 Å². The molecule has 0 aliphatic carbocycles. The molecular formula is C16H27N3. The Morgan fingerprint density at radius 1 is 1.37 bits per heavy atom. The van der Waals surface area contributed by atoms with E-state index in [4.69, 9.17) is 0 Å². The summed E-state index contributed by atoms with van der Waals surface area (Å²) in [6, 6.07) is 5.07. The fraction of sp³-hybridized carbons (Fsp3) is 0.688. The van der Waals surface area contributed by atoms with Crippen LogP contribution in [0, 0.1) is 0 Å². The summed E-state index contributed by atoms with van der Waals surface area (Å²) < 4.78 is 0. The predicted octanol–water partition coefficient (Wildman–Crippen LogP) is 3.35. The topological polar surface area (TPSA) is 28.2 Å². The Hall–Kier alpha value is -1.09. The maximum Gasteiger partial charge on any atom is 0.0562 e. The molecule has 0 radical (unpaired) electrons. The molecule has 3 heteroatoms. The van der Waals surface area contributed by atoms with Crippen LogP contribution in [-0.4, -0.2) is 24.1 Å². The van der Waals surface area contributed by atoms with E-state index >= 15 is 0 Å². The van der Waals surface area contributed by atoms with E-state index in [2.05, 4.69) is 41.2 Å². The van der Waals surface area contributed by atoms with Crippen LogP contribution < -0.4 is 10.2 Å². The van der Waals surface area contributed by atoms with E-state index in [9.17, 15) is 0 Å². The van der Waals surface area contributed by atoms with Crippen LogP contribution in [0.5, 0.6) is 0 Å². The first-order valence-corrected chi connectivity index (χ1v) is 7.73. The number of hydrogen-bond acceptors (Lipinski definition) is 3. The van der Waals surface area contributed by atoms with E-state index in [0.29, 0.717) is 6.04 Å². The van der Waals surface area contributed by atoms with Crippen molar-refractivity contribution < 1.29 is 0 Å². The molecule has 1 aromatic rings. The summed E-state index contributed by atoms with van der Waals surface area (Å²) in [5, 5.41) is 3.42. The van der Waals surface area contributed by atoms with Gasteiger partial charge in [0.15, 0.2) is 0 Å². The zero-order chi connectivity index (χ0) is 13.5. The van der Waals surface area contributed by atoms with Gasteiger partial charge in [0, 0.05) is 31.0 Å². The Kier molecular flexibility index (Phi) is 5.64. The maximum absolute atomic E-state index is 4.47. The first kappa shape index (κ1) is 14.3. The van der Waals surface area contributed by atoms with Gasteiger partial charge in [0.25, 0.3) is 0 Å². The van der Waals surface area contributed by atoms with Crippen LogP contribution in [0.1, 0.15) is 51.6 Å². The van der Waals surface area contributed by atoms with Crippen molar-refractivity contribution in [3.05, 3.63) is 24.0 Å². The fourth-order valence-electron chi connectivity index (χ4n) is 2.79. The molecule has 3 nitrogen and oxygen atoms in total. The molecule has 1 fully saturated rings. The summed E-state index contributed by atoms with van der Waals surface area (Å²) in [5.41, 5.74) is 2.50. The Labute approximate surface area is 117 Å². The van der Waals surface area contributed by atoms with E-state index < -0.39 is 0 Å². The summed E-state index contributed by atoms with van der Waals surface area (Å²) in [6.45, 7) is 7.67. The lowest BCUT2D eigenvalue weighted by molar-refractivity contribution is 0.614. The zero-order valence-electron chi connectivity index (χ0n) is 12.4. The van der Waals surface area contributed by atoms with Crippen LogP contribution in [0.15, 0.2) is 18.3 Å². The normalized spacial score (nSPS) is 20.3. The van der Waals surface area contributed by atoms with Gasteiger partial charge in [-0.05, 0) is 44.9 Å². The average Bonchev–Trinajstić information content (AvgIpc) is 2.64. The van der Waals surface area contributed by atoms with Crippen LogP contribution in [-0.2, 0) is 6.54 Å². The SMILES string of the molecule is CCCNCc1cc(N2CCCCCC2C)ccn1. The van der Waals surface area contributed by atoms with Crippen LogP contribution in [0.3, 0.4) is 0 Å². The predicted molar refractivity (Wildman–Crippen MR) is 81.5 cm³/mol. The summed E-state index contributed by atoms with van der Waals surface area (Å²) >= 11 is 0. The second-order valence-corrected chi connectivity index (χ2v) is 5.57. The fourth-order valence-corrected chi connectivity index (χ4v) is 2.79. The molecule has 1 atom stereocenters. The van der Waals surface area contributed by atoms with Crippen LogP contribution in [0.25, 0.3) is 0 Å². The molecule has 1 N–H and O–H groups in total. The molecule has 106 valence electrons. The first-order valence-electron chi connectivity index (χ1n) is 7.73.